The van der Waals surface area contributed by atoms with Crippen LogP contribution in [0.5, 0.6) is 0 Å². The van der Waals surface area contributed by atoms with E-state index < -0.39 is 0 Å². The molecule has 1 fully saturated rings. The summed E-state index contributed by atoms with van der Waals surface area (Å²) in [4.78, 5) is 0. The van der Waals surface area contributed by atoms with Gasteiger partial charge in [-0.1, -0.05) is 5.92 Å². The van der Waals surface area contributed by atoms with Crippen molar-refractivity contribution in [3.63, 3.8) is 0 Å². The van der Waals surface area contributed by atoms with E-state index in [1.807, 2.05) is 0 Å². The number of rotatable bonds is 1. The van der Waals surface area contributed by atoms with Crippen molar-refractivity contribution in [1.82, 2.24) is 0 Å². The molecule has 1 nitrogen and oxygen atoms in total. The minimum absolute atomic E-state index is 0.269. The lowest BCUT2D eigenvalue weighted by atomic mass is 10.1. The third-order valence-electron chi connectivity index (χ3n) is 1.02. The summed E-state index contributed by atoms with van der Waals surface area (Å²) >= 11 is 0. The first-order valence-corrected chi connectivity index (χ1v) is 2.34. The van der Waals surface area contributed by atoms with E-state index in [-0.39, 0.29) is 6.10 Å². The summed E-state index contributed by atoms with van der Waals surface area (Å²) in [5, 5.41) is 0. The molecule has 0 saturated carbocycles. The molecule has 1 saturated heterocycles. The van der Waals surface area contributed by atoms with Crippen molar-refractivity contribution in [2.75, 3.05) is 6.61 Å². The van der Waals surface area contributed by atoms with Crippen molar-refractivity contribution in [3.05, 3.63) is 6.42 Å². The minimum Gasteiger partial charge on any atom is -0.377 e. The summed E-state index contributed by atoms with van der Waals surface area (Å²) in [6.45, 7) is 0.878. The molecular weight excluding hydrogens is 88.1 g/mol. The number of hydrogen-bond acceptors (Lipinski definition) is 1. The highest BCUT2D eigenvalue weighted by Gasteiger charge is 2.15. The van der Waals surface area contributed by atoms with E-state index in [1.165, 1.54) is 0 Å². The van der Waals surface area contributed by atoms with E-state index in [0.717, 1.165) is 13.0 Å². The highest BCUT2D eigenvalue weighted by molar-refractivity contribution is 5.06. The summed E-state index contributed by atoms with van der Waals surface area (Å²) in [6, 6.07) is 0. The SMILES string of the molecule is C#C[CH]C1CCO1. The van der Waals surface area contributed by atoms with Crippen LogP contribution >= 0.6 is 0 Å². The molecule has 1 rings (SSSR count). The van der Waals surface area contributed by atoms with Crippen molar-refractivity contribution in [3.8, 4) is 12.3 Å². The van der Waals surface area contributed by atoms with E-state index in [1.54, 1.807) is 6.42 Å². The molecule has 0 aromatic heterocycles. The van der Waals surface area contributed by atoms with Crippen molar-refractivity contribution in [2.24, 2.45) is 0 Å². The Morgan fingerprint density at radius 3 is 2.71 bits per heavy atom. The van der Waals surface area contributed by atoms with Crippen molar-refractivity contribution < 1.29 is 4.74 Å². The summed E-state index contributed by atoms with van der Waals surface area (Å²) in [6.07, 6.45) is 8.06. The van der Waals surface area contributed by atoms with Crippen LogP contribution in [-0.4, -0.2) is 12.7 Å². The van der Waals surface area contributed by atoms with Crippen LogP contribution in [0.15, 0.2) is 0 Å². The Kier molecular flexibility index (Phi) is 1.33. The smallest absolute Gasteiger partial charge is 0.0747 e. The normalized spacial score (nSPS) is 28.1. The monoisotopic (exact) mass is 95.0 g/mol. The van der Waals surface area contributed by atoms with Gasteiger partial charge in [0.1, 0.15) is 0 Å². The van der Waals surface area contributed by atoms with E-state index >= 15 is 0 Å². The van der Waals surface area contributed by atoms with Gasteiger partial charge in [-0.2, -0.15) is 0 Å². The van der Waals surface area contributed by atoms with Crippen LogP contribution in [0.1, 0.15) is 6.42 Å². The predicted molar refractivity (Wildman–Crippen MR) is 27.5 cm³/mol. The Morgan fingerprint density at radius 2 is 2.57 bits per heavy atom. The first kappa shape index (κ1) is 4.67. The van der Waals surface area contributed by atoms with Crippen LogP contribution in [0.4, 0.5) is 0 Å². The second kappa shape index (κ2) is 1.99. The molecule has 1 atom stereocenters. The molecule has 1 heterocycles. The molecule has 37 valence electrons. The lowest BCUT2D eigenvalue weighted by molar-refractivity contribution is -0.0255. The summed E-state index contributed by atoms with van der Waals surface area (Å²) < 4.78 is 4.97. The van der Waals surface area contributed by atoms with Gasteiger partial charge in [0.2, 0.25) is 0 Å². The summed E-state index contributed by atoms with van der Waals surface area (Å²) in [5.41, 5.74) is 0. The lowest BCUT2D eigenvalue weighted by Gasteiger charge is -2.23. The molecule has 7 heavy (non-hydrogen) atoms. The van der Waals surface area contributed by atoms with Crippen molar-refractivity contribution in [1.29, 1.82) is 0 Å². The van der Waals surface area contributed by atoms with Gasteiger partial charge in [-0.25, -0.2) is 0 Å². The molecule has 0 amide bonds. The van der Waals surface area contributed by atoms with Crippen LogP contribution < -0.4 is 0 Å². The number of terminal acetylenes is 1. The third-order valence-corrected chi connectivity index (χ3v) is 1.02. The van der Waals surface area contributed by atoms with Gasteiger partial charge in [-0.15, -0.1) is 6.42 Å². The van der Waals surface area contributed by atoms with Crippen LogP contribution in [0.3, 0.4) is 0 Å². The Balaban J connectivity index is 2.06. The zero-order chi connectivity index (χ0) is 5.11. The van der Waals surface area contributed by atoms with Crippen LogP contribution in [-0.2, 0) is 4.74 Å². The van der Waals surface area contributed by atoms with Gasteiger partial charge < -0.3 is 4.74 Å². The molecule has 1 unspecified atom stereocenters. The van der Waals surface area contributed by atoms with Crippen LogP contribution in [0.25, 0.3) is 0 Å². The first-order chi connectivity index (χ1) is 3.43. The molecule has 0 N–H and O–H groups in total. The Bertz CT molecular complexity index is 86.8. The second-order valence-electron chi connectivity index (χ2n) is 1.53. The van der Waals surface area contributed by atoms with Crippen molar-refractivity contribution in [2.45, 2.75) is 12.5 Å². The van der Waals surface area contributed by atoms with Gasteiger partial charge in [-0.3, -0.25) is 0 Å². The fraction of sp³-hybridized carbons (Fsp3) is 0.500. The van der Waals surface area contributed by atoms with E-state index in [2.05, 4.69) is 5.92 Å². The maximum atomic E-state index is 4.97. The fourth-order valence-corrected chi connectivity index (χ4v) is 0.493. The average molecular weight is 95.1 g/mol. The Hall–Kier alpha value is -0.480. The Labute approximate surface area is 43.7 Å². The molecule has 0 aliphatic carbocycles. The molecule has 1 aliphatic heterocycles. The van der Waals surface area contributed by atoms with Gasteiger partial charge >= 0.3 is 0 Å². The molecule has 0 aromatic rings. The van der Waals surface area contributed by atoms with Gasteiger partial charge in [0.05, 0.1) is 12.5 Å². The second-order valence-corrected chi connectivity index (χ2v) is 1.53. The number of hydrogen-bond donors (Lipinski definition) is 0. The Morgan fingerprint density at radius 1 is 1.86 bits per heavy atom. The van der Waals surface area contributed by atoms with Gasteiger partial charge in [0, 0.05) is 6.61 Å². The zero-order valence-electron chi connectivity index (χ0n) is 4.05. The number of ether oxygens (including phenoxy) is 1. The standard InChI is InChI=1S/C6H7O/c1-2-3-6-4-5-7-6/h1,3,6H,4-5H2. The third kappa shape index (κ3) is 0.942. The van der Waals surface area contributed by atoms with E-state index in [4.69, 9.17) is 11.2 Å². The molecular formula is C6H7O. The highest BCUT2D eigenvalue weighted by atomic mass is 16.5. The summed E-state index contributed by atoms with van der Waals surface area (Å²) in [5.74, 6) is 2.42. The average Bonchev–Trinajstić information content (AvgIpc) is 1.55. The van der Waals surface area contributed by atoms with E-state index in [0.29, 0.717) is 0 Å². The molecule has 1 radical (unpaired) electrons. The van der Waals surface area contributed by atoms with Crippen molar-refractivity contribution >= 4 is 0 Å². The zero-order valence-corrected chi connectivity index (χ0v) is 4.05. The molecule has 0 bridgehead atoms. The maximum absolute atomic E-state index is 4.97. The fourth-order valence-electron chi connectivity index (χ4n) is 0.493. The predicted octanol–water partition coefficient (Wildman–Crippen LogP) is 0.613. The highest BCUT2D eigenvalue weighted by Crippen LogP contribution is 2.11. The van der Waals surface area contributed by atoms with Crippen LogP contribution in [0, 0.1) is 18.8 Å². The first-order valence-electron chi connectivity index (χ1n) is 2.34. The summed E-state index contributed by atoms with van der Waals surface area (Å²) in [7, 11) is 0. The van der Waals surface area contributed by atoms with Crippen LogP contribution in [0.2, 0.25) is 0 Å². The topological polar surface area (TPSA) is 9.23 Å². The molecule has 1 aliphatic rings. The largest absolute Gasteiger partial charge is 0.377 e. The minimum atomic E-state index is 0.269. The van der Waals surface area contributed by atoms with Gasteiger partial charge in [-0.05, 0) is 6.42 Å². The van der Waals surface area contributed by atoms with Gasteiger partial charge in [0.15, 0.2) is 0 Å². The lowest BCUT2D eigenvalue weighted by Crippen LogP contribution is -2.26. The maximum Gasteiger partial charge on any atom is 0.0747 e. The van der Waals surface area contributed by atoms with E-state index in [9.17, 15) is 0 Å². The molecule has 1 heteroatoms. The quantitative estimate of drug-likeness (QED) is 0.434. The van der Waals surface area contributed by atoms with Gasteiger partial charge in [0.25, 0.3) is 0 Å². The molecule has 0 aromatic carbocycles. The molecule has 0 spiro atoms.